The van der Waals surface area contributed by atoms with Crippen LogP contribution in [-0.2, 0) is 14.9 Å². The molecule has 1 amide bonds. The molecule has 0 heterocycles. The van der Waals surface area contributed by atoms with Gasteiger partial charge < -0.3 is 4.74 Å². The lowest BCUT2D eigenvalue weighted by Gasteiger charge is -2.15. The number of carbonyl (C=O) groups excluding carboxylic acids is 1. The maximum atomic E-state index is 13.7. The van der Waals surface area contributed by atoms with Crippen LogP contribution in [0.15, 0.2) is 12.1 Å². The van der Waals surface area contributed by atoms with Gasteiger partial charge in [0.2, 0.25) is 0 Å². The fourth-order valence-corrected chi connectivity index (χ4v) is 2.11. The largest absolute Gasteiger partial charge is 0.450 e. The topological polar surface area (TPSA) is 87.7 Å². The normalized spacial score (nSPS) is 11.3. The fourth-order valence-electron chi connectivity index (χ4n) is 1.23. The number of nitrogens with zero attached hydrogens (tertiary/aromatic N) is 1. The first-order valence-electron chi connectivity index (χ1n) is 5.80. The van der Waals surface area contributed by atoms with Crippen molar-refractivity contribution in [3.63, 3.8) is 0 Å². The summed E-state index contributed by atoms with van der Waals surface area (Å²) >= 11 is 5.78. The van der Waals surface area contributed by atoms with Crippen molar-refractivity contribution in [3.8, 4) is 0 Å². The second-order valence-electron chi connectivity index (χ2n) is 4.05. The van der Waals surface area contributed by atoms with Crippen LogP contribution in [0.4, 0.5) is 20.6 Å². The van der Waals surface area contributed by atoms with Crippen LogP contribution in [0.3, 0.4) is 0 Å². The Kier molecular flexibility index (Phi) is 5.76. The molecule has 0 aliphatic heterocycles. The van der Waals surface area contributed by atoms with Crippen LogP contribution in [0.5, 0.6) is 0 Å². The first-order chi connectivity index (χ1) is 9.67. The van der Waals surface area contributed by atoms with E-state index < -0.39 is 22.1 Å². The maximum absolute atomic E-state index is 13.7. The van der Waals surface area contributed by atoms with Gasteiger partial charge in [-0.25, -0.2) is 9.18 Å². The molecule has 0 bridgehead atoms. The molecule has 0 spiro atoms. The lowest BCUT2D eigenvalue weighted by Crippen LogP contribution is -2.29. The summed E-state index contributed by atoms with van der Waals surface area (Å²) in [7, 11) is -1.18. The van der Waals surface area contributed by atoms with Crippen LogP contribution >= 0.6 is 11.6 Å². The van der Waals surface area contributed by atoms with Crippen molar-refractivity contribution < 1.29 is 22.3 Å². The first kappa shape index (κ1) is 17.5. The summed E-state index contributed by atoms with van der Waals surface area (Å²) in [6, 6.07) is 1.95. The molecule has 21 heavy (non-hydrogen) atoms. The number of hydrogen-bond acceptors (Lipinski definition) is 4. The minimum atomic E-state index is -3.81. The quantitative estimate of drug-likeness (QED) is 0.861. The summed E-state index contributed by atoms with van der Waals surface area (Å²) in [5, 5.41) is 2.00. The van der Waals surface area contributed by atoms with E-state index in [0.717, 1.165) is 16.4 Å². The van der Waals surface area contributed by atoms with E-state index in [1.165, 1.54) is 14.1 Å². The highest BCUT2D eigenvalue weighted by Crippen LogP contribution is 2.29. The van der Waals surface area contributed by atoms with E-state index in [9.17, 15) is 17.6 Å². The molecule has 0 atom stereocenters. The fraction of sp³-hybridized carbons (Fsp3) is 0.364. The second-order valence-corrected chi connectivity index (χ2v) is 6.34. The number of carbonyl (C=O) groups is 1. The Bertz CT molecular complexity index is 637. The number of halogens is 2. The molecule has 0 aliphatic rings. The number of rotatable bonds is 5. The SMILES string of the molecule is CCOC(=O)Nc1cc(NS(=O)(=O)N(C)C)c(Cl)cc1F. The van der Waals surface area contributed by atoms with Gasteiger partial charge in [0.05, 0.1) is 23.0 Å². The van der Waals surface area contributed by atoms with Crippen molar-refractivity contribution in [3.05, 3.63) is 23.0 Å². The van der Waals surface area contributed by atoms with Crippen molar-refractivity contribution in [2.75, 3.05) is 30.7 Å². The predicted molar refractivity (Wildman–Crippen MR) is 78.3 cm³/mol. The molecule has 0 aromatic heterocycles. The predicted octanol–water partition coefficient (Wildman–Crippen LogP) is 2.27. The summed E-state index contributed by atoms with van der Waals surface area (Å²) in [6.07, 6.45) is -0.861. The summed E-state index contributed by atoms with van der Waals surface area (Å²) < 4.78 is 44.8. The van der Waals surface area contributed by atoms with Gasteiger partial charge in [-0.3, -0.25) is 10.0 Å². The zero-order chi connectivity index (χ0) is 16.2. The Morgan fingerprint density at radius 1 is 1.38 bits per heavy atom. The molecule has 1 aromatic carbocycles. The Hall–Kier alpha value is -1.58. The minimum absolute atomic E-state index is 0.0708. The lowest BCUT2D eigenvalue weighted by molar-refractivity contribution is 0.168. The third kappa shape index (κ3) is 4.73. The minimum Gasteiger partial charge on any atom is -0.450 e. The number of amides is 1. The maximum Gasteiger partial charge on any atom is 0.411 e. The number of ether oxygens (including phenoxy) is 1. The highest BCUT2D eigenvalue weighted by Gasteiger charge is 2.18. The van der Waals surface area contributed by atoms with Gasteiger partial charge in [-0.1, -0.05) is 11.6 Å². The highest BCUT2D eigenvalue weighted by molar-refractivity contribution is 7.90. The summed E-state index contributed by atoms with van der Waals surface area (Å²) in [6.45, 7) is 1.70. The number of hydrogen-bond donors (Lipinski definition) is 2. The van der Waals surface area contributed by atoms with Crippen molar-refractivity contribution in [2.45, 2.75) is 6.92 Å². The van der Waals surface area contributed by atoms with Crippen LogP contribution in [0.1, 0.15) is 6.92 Å². The van der Waals surface area contributed by atoms with Crippen LogP contribution in [0.2, 0.25) is 5.02 Å². The Balaban J connectivity index is 3.09. The van der Waals surface area contributed by atoms with Crippen LogP contribution < -0.4 is 10.0 Å². The standard InChI is InChI=1S/C11H15ClFN3O4S/c1-4-20-11(17)14-10-6-9(7(12)5-8(10)13)15-21(18,19)16(2)3/h5-6,15H,4H2,1-3H3,(H,14,17). The Morgan fingerprint density at radius 2 is 2.00 bits per heavy atom. The van der Waals surface area contributed by atoms with Gasteiger partial charge >= 0.3 is 16.3 Å². The van der Waals surface area contributed by atoms with Gasteiger partial charge in [0.25, 0.3) is 0 Å². The molecule has 0 saturated heterocycles. The summed E-state index contributed by atoms with van der Waals surface area (Å²) in [4.78, 5) is 11.3. The molecule has 0 saturated carbocycles. The molecule has 0 aliphatic carbocycles. The van der Waals surface area contributed by atoms with Gasteiger partial charge in [0.1, 0.15) is 5.82 Å². The molecule has 0 fully saturated rings. The average Bonchev–Trinajstić information content (AvgIpc) is 2.35. The van der Waals surface area contributed by atoms with Crippen LogP contribution in [0, 0.1) is 5.82 Å². The average molecular weight is 340 g/mol. The molecule has 2 N–H and O–H groups in total. The molecule has 1 rings (SSSR count). The van der Waals surface area contributed by atoms with E-state index in [-0.39, 0.29) is 23.0 Å². The lowest BCUT2D eigenvalue weighted by atomic mass is 10.2. The second kappa shape index (κ2) is 6.92. The van der Waals surface area contributed by atoms with Crippen molar-refractivity contribution in [2.24, 2.45) is 0 Å². The van der Waals surface area contributed by atoms with E-state index in [1.807, 2.05) is 0 Å². The van der Waals surface area contributed by atoms with Gasteiger partial charge in [-0.05, 0) is 19.1 Å². The molecule has 0 radical (unpaired) electrons. The van der Waals surface area contributed by atoms with E-state index in [4.69, 9.17) is 11.6 Å². The van der Waals surface area contributed by atoms with Crippen molar-refractivity contribution in [1.82, 2.24) is 4.31 Å². The zero-order valence-corrected chi connectivity index (χ0v) is 13.2. The smallest absolute Gasteiger partial charge is 0.411 e. The molecule has 0 unspecified atom stereocenters. The summed E-state index contributed by atoms with van der Waals surface area (Å²) in [5.74, 6) is -0.819. The number of nitrogens with one attached hydrogen (secondary N) is 2. The molecule has 7 nitrogen and oxygen atoms in total. The molecule has 10 heteroatoms. The third-order valence-corrected chi connectivity index (χ3v) is 4.04. The van der Waals surface area contributed by atoms with Crippen molar-refractivity contribution >= 4 is 39.3 Å². The number of benzene rings is 1. The molecule has 1 aromatic rings. The van der Waals surface area contributed by atoms with E-state index in [2.05, 4.69) is 14.8 Å². The monoisotopic (exact) mass is 339 g/mol. The molecular formula is C11H15ClFN3O4S. The van der Waals surface area contributed by atoms with Crippen LogP contribution in [0.25, 0.3) is 0 Å². The molecular weight excluding hydrogens is 325 g/mol. The first-order valence-corrected chi connectivity index (χ1v) is 7.62. The Morgan fingerprint density at radius 3 is 2.52 bits per heavy atom. The van der Waals surface area contributed by atoms with Gasteiger partial charge in [-0.2, -0.15) is 12.7 Å². The van der Waals surface area contributed by atoms with E-state index >= 15 is 0 Å². The highest BCUT2D eigenvalue weighted by atomic mass is 35.5. The van der Waals surface area contributed by atoms with Gasteiger partial charge in [0.15, 0.2) is 0 Å². The van der Waals surface area contributed by atoms with E-state index in [0.29, 0.717) is 0 Å². The van der Waals surface area contributed by atoms with Crippen molar-refractivity contribution in [1.29, 1.82) is 0 Å². The zero-order valence-electron chi connectivity index (χ0n) is 11.6. The number of anilines is 2. The summed E-state index contributed by atoms with van der Waals surface area (Å²) in [5.41, 5.74) is -0.326. The van der Waals surface area contributed by atoms with Gasteiger partial charge in [-0.15, -0.1) is 0 Å². The van der Waals surface area contributed by atoms with E-state index in [1.54, 1.807) is 6.92 Å². The molecule has 118 valence electrons. The van der Waals surface area contributed by atoms with Crippen LogP contribution in [-0.4, -0.2) is 39.5 Å². The Labute approximate surface area is 127 Å². The van der Waals surface area contributed by atoms with Gasteiger partial charge in [0, 0.05) is 14.1 Å². The third-order valence-electron chi connectivity index (χ3n) is 2.29.